The fourth-order valence-corrected chi connectivity index (χ4v) is 2.48. The van der Waals surface area contributed by atoms with Crippen LogP contribution in [0.1, 0.15) is 23.9 Å². The summed E-state index contributed by atoms with van der Waals surface area (Å²) < 4.78 is 38.5. The molecule has 0 aliphatic carbocycles. The lowest BCUT2D eigenvalue weighted by Gasteiger charge is -2.09. The molecule has 1 heterocycles. The number of H-pyrrole nitrogens is 1. The van der Waals surface area contributed by atoms with Crippen LogP contribution in [0.15, 0.2) is 47.3 Å². The molecule has 2 aromatic carbocycles. The molecule has 0 unspecified atom stereocenters. The fraction of sp³-hybridized carbons (Fsp3) is 0.111. The Kier molecular flexibility index (Phi) is 4.08. The Balaban J connectivity index is 2.09. The van der Waals surface area contributed by atoms with E-state index < -0.39 is 17.6 Å². The number of aromatic hydroxyl groups is 1. The number of phenols is 1. The van der Waals surface area contributed by atoms with Crippen molar-refractivity contribution >= 4 is 22.4 Å². The molecule has 0 amide bonds. The molecule has 0 aliphatic heterocycles. The zero-order valence-electron chi connectivity index (χ0n) is 13.1. The van der Waals surface area contributed by atoms with E-state index in [0.29, 0.717) is 11.1 Å². The highest BCUT2D eigenvalue weighted by molar-refractivity contribution is 5.90. The Labute approximate surface area is 140 Å². The van der Waals surface area contributed by atoms with Crippen LogP contribution in [-0.4, -0.2) is 15.1 Å². The van der Waals surface area contributed by atoms with Crippen LogP contribution in [0.2, 0.25) is 0 Å². The van der Waals surface area contributed by atoms with Crippen LogP contribution in [0.3, 0.4) is 0 Å². The molecule has 4 nitrogen and oxygen atoms in total. The third-order valence-corrected chi connectivity index (χ3v) is 3.72. The number of alkyl halides is 3. The predicted molar refractivity (Wildman–Crippen MR) is 89.0 cm³/mol. The molecular formula is C18H13F3N2O2. The highest BCUT2D eigenvalue weighted by Crippen LogP contribution is 2.30. The van der Waals surface area contributed by atoms with Crippen molar-refractivity contribution in [2.45, 2.75) is 13.1 Å². The van der Waals surface area contributed by atoms with Crippen molar-refractivity contribution in [3.63, 3.8) is 0 Å². The monoisotopic (exact) mass is 346 g/mol. The van der Waals surface area contributed by atoms with E-state index in [4.69, 9.17) is 0 Å². The lowest BCUT2D eigenvalue weighted by Crippen LogP contribution is -2.20. The molecule has 3 rings (SSSR count). The number of nitrogens with zero attached hydrogens (tertiary/aromatic N) is 1. The largest absolute Gasteiger partial charge is 0.507 e. The van der Waals surface area contributed by atoms with Crippen LogP contribution in [-0.2, 0) is 6.18 Å². The van der Waals surface area contributed by atoms with E-state index >= 15 is 0 Å². The number of rotatable bonds is 2. The quantitative estimate of drug-likeness (QED) is 0.731. The Bertz CT molecular complexity index is 1040. The second-order valence-electron chi connectivity index (χ2n) is 5.57. The highest BCUT2D eigenvalue weighted by atomic mass is 19.4. The van der Waals surface area contributed by atoms with E-state index in [9.17, 15) is 23.1 Å². The van der Waals surface area contributed by atoms with Gasteiger partial charge in [-0.05, 0) is 47.5 Å². The van der Waals surface area contributed by atoms with Gasteiger partial charge in [-0.15, -0.1) is 0 Å². The van der Waals surface area contributed by atoms with Gasteiger partial charge in [-0.1, -0.05) is 24.3 Å². The third kappa shape index (κ3) is 3.55. The second-order valence-corrected chi connectivity index (χ2v) is 5.57. The van der Waals surface area contributed by atoms with Crippen molar-refractivity contribution in [3.05, 3.63) is 69.9 Å². The maximum atomic E-state index is 12.8. The van der Waals surface area contributed by atoms with Gasteiger partial charge in [0.15, 0.2) is 0 Å². The van der Waals surface area contributed by atoms with Gasteiger partial charge in [-0.3, -0.25) is 0 Å². The van der Waals surface area contributed by atoms with Crippen LogP contribution >= 0.6 is 0 Å². The summed E-state index contributed by atoms with van der Waals surface area (Å²) in [7, 11) is 0. The fourth-order valence-electron chi connectivity index (χ4n) is 2.48. The van der Waals surface area contributed by atoms with Crippen LogP contribution in [0, 0.1) is 0 Å². The number of halogens is 3. The predicted octanol–water partition coefficient (Wildman–Crippen LogP) is 4.21. The number of fused-ring (bicyclic) bond motifs is 1. The van der Waals surface area contributed by atoms with Gasteiger partial charge >= 0.3 is 11.9 Å². The van der Waals surface area contributed by atoms with Gasteiger partial charge in [0.2, 0.25) is 0 Å². The van der Waals surface area contributed by atoms with E-state index in [1.807, 2.05) is 24.3 Å². The molecule has 0 radical (unpaired) electrons. The first-order chi connectivity index (χ1) is 11.7. The Hall–Kier alpha value is -3.09. The average molecular weight is 346 g/mol. The topological polar surface area (TPSA) is 66.0 Å². The molecule has 3 aromatic rings. The van der Waals surface area contributed by atoms with Gasteiger partial charge in [0.05, 0.1) is 5.69 Å². The summed E-state index contributed by atoms with van der Waals surface area (Å²) in [6.45, 7) is 1.52. The molecule has 0 fully saturated rings. The Morgan fingerprint density at radius 3 is 2.44 bits per heavy atom. The lowest BCUT2D eigenvalue weighted by molar-refractivity contribution is -0.141. The molecule has 0 spiro atoms. The molecule has 7 heteroatoms. The normalized spacial score (nSPS) is 12.6. The van der Waals surface area contributed by atoms with Gasteiger partial charge < -0.3 is 10.1 Å². The Morgan fingerprint density at radius 1 is 1.16 bits per heavy atom. The van der Waals surface area contributed by atoms with E-state index in [2.05, 4.69) is 4.98 Å². The molecule has 1 aromatic heterocycles. The minimum Gasteiger partial charge on any atom is -0.507 e. The summed E-state index contributed by atoms with van der Waals surface area (Å²) in [5.41, 5.74) is -1.61. The van der Waals surface area contributed by atoms with Gasteiger partial charge in [0.25, 0.3) is 0 Å². The third-order valence-electron chi connectivity index (χ3n) is 3.72. The van der Waals surface area contributed by atoms with Crippen molar-refractivity contribution in [2.24, 2.45) is 0 Å². The van der Waals surface area contributed by atoms with Crippen LogP contribution in [0.4, 0.5) is 13.2 Å². The first-order valence-corrected chi connectivity index (χ1v) is 7.33. The number of nitrogens with one attached hydrogen (secondary N) is 1. The SMILES string of the molecule is CC(=Cc1cc2ccccc2cc1O)c1cc(C(F)(F)F)[nH]c(=O)n1. The number of benzene rings is 2. The van der Waals surface area contributed by atoms with Gasteiger partial charge in [-0.2, -0.15) is 18.2 Å². The zero-order chi connectivity index (χ0) is 18.2. The molecule has 0 saturated carbocycles. The summed E-state index contributed by atoms with van der Waals surface area (Å²) in [5, 5.41) is 11.8. The Morgan fingerprint density at radius 2 is 1.80 bits per heavy atom. The standard InChI is InChI=1S/C18H13F3N2O2/c1-10(14-9-16(18(19,20)21)23-17(25)22-14)6-13-7-11-4-2-3-5-12(11)8-15(13)24/h2-9,24H,1H3,(H,22,23,25). The number of phenolic OH excluding ortho intramolecular Hbond substituents is 1. The minimum absolute atomic E-state index is 0.0149. The molecule has 0 saturated heterocycles. The smallest absolute Gasteiger partial charge is 0.431 e. The molecule has 0 atom stereocenters. The van der Waals surface area contributed by atoms with Crippen LogP contribution in [0.5, 0.6) is 5.75 Å². The van der Waals surface area contributed by atoms with E-state index in [0.717, 1.165) is 16.8 Å². The maximum absolute atomic E-state index is 12.8. The number of aromatic amines is 1. The van der Waals surface area contributed by atoms with Crippen molar-refractivity contribution in [2.75, 3.05) is 0 Å². The van der Waals surface area contributed by atoms with E-state index in [-0.39, 0.29) is 11.4 Å². The molecule has 128 valence electrons. The molecular weight excluding hydrogens is 333 g/mol. The van der Waals surface area contributed by atoms with Gasteiger partial charge in [0.1, 0.15) is 11.4 Å². The summed E-state index contributed by atoms with van der Waals surface area (Å²) in [5.74, 6) is -0.0149. The molecule has 0 aliphatic rings. The van der Waals surface area contributed by atoms with Crippen molar-refractivity contribution in [1.29, 1.82) is 0 Å². The minimum atomic E-state index is -4.68. The molecule has 2 N–H and O–H groups in total. The van der Waals surface area contributed by atoms with Crippen LogP contribution < -0.4 is 5.69 Å². The van der Waals surface area contributed by atoms with Crippen molar-refractivity contribution < 1.29 is 18.3 Å². The van der Waals surface area contributed by atoms with Crippen molar-refractivity contribution in [1.82, 2.24) is 9.97 Å². The van der Waals surface area contributed by atoms with Gasteiger partial charge in [-0.25, -0.2) is 4.79 Å². The first-order valence-electron chi connectivity index (χ1n) is 7.33. The average Bonchev–Trinajstić information content (AvgIpc) is 2.54. The highest BCUT2D eigenvalue weighted by Gasteiger charge is 2.32. The summed E-state index contributed by atoms with van der Waals surface area (Å²) in [4.78, 5) is 16.7. The number of hydrogen-bond acceptors (Lipinski definition) is 3. The number of aromatic nitrogens is 2. The number of allylic oxidation sites excluding steroid dienone is 1. The molecule has 25 heavy (non-hydrogen) atoms. The molecule has 0 bridgehead atoms. The van der Waals surface area contributed by atoms with Gasteiger partial charge in [0, 0.05) is 5.56 Å². The van der Waals surface area contributed by atoms with Crippen LogP contribution in [0.25, 0.3) is 22.4 Å². The summed E-state index contributed by atoms with van der Waals surface area (Å²) in [6, 6.07) is 11.4. The summed E-state index contributed by atoms with van der Waals surface area (Å²) >= 11 is 0. The summed E-state index contributed by atoms with van der Waals surface area (Å²) in [6.07, 6.45) is -3.19. The van der Waals surface area contributed by atoms with E-state index in [1.165, 1.54) is 13.0 Å². The number of hydrogen-bond donors (Lipinski definition) is 2. The lowest BCUT2D eigenvalue weighted by atomic mass is 10.0. The first kappa shape index (κ1) is 16.8. The van der Waals surface area contributed by atoms with Crippen molar-refractivity contribution in [3.8, 4) is 5.75 Å². The van der Waals surface area contributed by atoms with E-state index in [1.54, 1.807) is 17.1 Å². The maximum Gasteiger partial charge on any atom is 0.431 e. The second kappa shape index (κ2) is 6.08. The zero-order valence-corrected chi connectivity index (χ0v) is 13.1.